The topological polar surface area (TPSA) is 136 Å². The molecular weight excluding hydrogens is 440 g/mol. The Balaban J connectivity index is 1.61. The third-order valence-electron chi connectivity index (χ3n) is 6.17. The molecule has 0 radical (unpaired) electrons. The van der Waals surface area contributed by atoms with Crippen LogP contribution >= 0.6 is 0 Å². The van der Waals surface area contributed by atoms with E-state index < -0.39 is 35.7 Å². The van der Waals surface area contributed by atoms with Crippen LogP contribution < -0.4 is 16.0 Å². The van der Waals surface area contributed by atoms with E-state index in [2.05, 4.69) is 20.9 Å². The third-order valence-corrected chi connectivity index (χ3v) is 6.17. The Hall–Kier alpha value is -3.17. The summed E-state index contributed by atoms with van der Waals surface area (Å²) >= 11 is 0. The first-order chi connectivity index (χ1) is 16.2. The number of alkyl carbamates (subject to hydrolysis) is 1. The van der Waals surface area contributed by atoms with E-state index in [0.29, 0.717) is 25.8 Å². The first kappa shape index (κ1) is 25.5. The summed E-state index contributed by atoms with van der Waals surface area (Å²) in [6.45, 7) is 4.40. The van der Waals surface area contributed by atoms with Crippen LogP contribution in [0.4, 0.5) is 4.79 Å². The molecule has 186 valence electrons. The number of aromatic nitrogens is 1. The van der Waals surface area contributed by atoms with Crippen LogP contribution in [0.2, 0.25) is 0 Å². The van der Waals surface area contributed by atoms with Crippen molar-refractivity contribution in [3.05, 3.63) is 30.1 Å². The highest BCUT2D eigenvalue weighted by Crippen LogP contribution is 2.42. The van der Waals surface area contributed by atoms with Gasteiger partial charge in [0, 0.05) is 31.3 Å². The second-order valence-corrected chi connectivity index (χ2v) is 9.53. The fourth-order valence-electron chi connectivity index (χ4n) is 4.18. The van der Waals surface area contributed by atoms with Crippen LogP contribution in [-0.4, -0.2) is 60.2 Å². The minimum Gasteiger partial charge on any atom is -0.467 e. The van der Waals surface area contributed by atoms with Crippen molar-refractivity contribution in [3.8, 4) is 0 Å². The minimum absolute atomic E-state index is 0.0958. The smallest absolute Gasteiger partial charge is 0.408 e. The van der Waals surface area contributed by atoms with Gasteiger partial charge in [0.05, 0.1) is 7.11 Å². The largest absolute Gasteiger partial charge is 0.467 e. The molecule has 1 aliphatic carbocycles. The van der Waals surface area contributed by atoms with E-state index >= 15 is 0 Å². The number of ether oxygens (including phenoxy) is 2. The number of carbonyl (C=O) groups is 4. The van der Waals surface area contributed by atoms with Gasteiger partial charge in [-0.25, -0.2) is 9.59 Å². The van der Waals surface area contributed by atoms with E-state index in [9.17, 15) is 19.2 Å². The fourth-order valence-corrected chi connectivity index (χ4v) is 4.18. The number of hydrogen-bond donors (Lipinski definition) is 3. The predicted molar refractivity (Wildman–Crippen MR) is 122 cm³/mol. The quantitative estimate of drug-likeness (QED) is 0.413. The number of methoxy groups -OCH3 is 1. The molecule has 0 bridgehead atoms. The van der Waals surface area contributed by atoms with Crippen molar-refractivity contribution in [3.63, 3.8) is 0 Å². The van der Waals surface area contributed by atoms with Crippen LogP contribution in [0.15, 0.2) is 24.5 Å². The van der Waals surface area contributed by atoms with Crippen LogP contribution in [0.3, 0.4) is 0 Å². The first-order valence-electron chi connectivity index (χ1n) is 11.8. The summed E-state index contributed by atoms with van der Waals surface area (Å²) in [6.07, 6.45) is 5.87. The van der Waals surface area contributed by atoms with Crippen molar-refractivity contribution < 1.29 is 28.7 Å². The summed E-state index contributed by atoms with van der Waals surface area (Å²) in [5.41, 5.74) is 0.386. The molecule has 1 saturated heterocycles. The maximum Gasteiger partial charge on any atom is 0.408 e. The molecule has 3 unspecified atom stereocenters. The van der Waals surface area contributed by atoms with Crippen molar-refractivity contribution in [1.29, 1.82) is 0 Å². The lowest BCUT2D eigenvalue weighted by Crippen LogP contribution is -2.53. The van der Waals surface area contributed by atoms with Gasteiger partial charge in [-0.1, -0.05) is 19.9 Å². The Bertz CT molecular complexity index is 887. The number of esters is 1. The van der Waals surface area contributed by atoms with E-state index in [4.69, 9.17) is 9.47 Å². The second-order valence-electron chi connectivity index (χ2n) is 9.53. The van der Waals surface area contributed by atoms with Gasteiger partial charge in [-0.2, -0.15) is 0 Å². The Morgan fingerprint density at radius 2 is 2.00 bits per heavy atom. The Labute approximate surface area is 199 Å². The van der Waals surface area contributed by atoms with Crippen LogP contribution in [-0.2, 0) is 30.3 Å². The first-order valence-corrected chi connectivity index (χ1v) is 11.8. The van der Waals surface area contributed by atoms with E-state index in [1.807, 2.05) is 26.0 Å². The van der Waals surface area contributed by atoms with Gasteiger partial charge in [0.1, 0.15) is 17.7 Å². The van der Waals surface area contributed by atoms with Crippen LogP contribution in [0.1, 0.15) is 51.5 Å². The molecule has 3 amide bonds. The Kier molecular flexibility index (Phi) is 8.46. The number of hydrogen-bond acceptors (Lipinski definition) is 7. The zero-order valence-electron chi connectivity index (χ0n) is 20.0. The van der Waals surface area contributed by atoms with E-state index in [1.54, 1.807) is 12.4 Å². The van der Waals surface area contributed by atoms with Crippen molar-refractivity contribution in [2.45, 2.75) is 70.1 Å². The summed E-state index contributed by atoms with van der Waals surface area (Å²) in [6, 6.07) is 1.88. The normalized spacial score (nSPS) is 20.1. The average molecular weight is 475 g/mol. The number of nitrogens with zero attached hydrogens (tertiary/aromatic N) is 1. The molecule has 10 nitrogen and oxygen atoms in total. The molecule has 0 spiro atoms. The molecule has 2 heterocycles. The molecule has 2 aliphatic rings. The number of amides is 3. The number of nitrogens with one attached hydrogen (secondary N) is 3. The Morgan fingerprint density at radius 1 is 1.24 bits per heavy atom. The van der Waals surface area contributed by atoms with E-state index in [1.165, 1.54) is 7.11 Å². The van der Waals surface area contributed by atoms with Crippen LogP contribution in [0.5, 0.6) is 0 Å². The van der Waals surface area contributed by atoms with Crippen molar-refractivity contribution in [2.24, 2.45) is 11.8 Å². The molecular formula is C24H34N4O6. The molecule has 0 aromatic carbocycles. The van der Waals surface area contributed by atoms with Crippen molar-refractivity contribution in [2.75, 3.05) is 13.7 Å². The minimum atomic E-state index is -0.987. The maximum absolute atomic E-state index is 13.1. The lowest BCUT2D eigenvalue weighted by Gasteiger charge is -2.25. The predicted octanol–water partition coefficient (Wildman–Crippen LogP) is 1.48. The summed E-state index contributed by atoms with van der Waals surface area (Å²) in [7, 11) is 1.23. The van der Waals surface area contributed by atoms with Gasteiger partial charge in [0.15, 0.2) is 0 Å². The zero-order chi connectivity index (χ0) is 24.7. The SMILES string of the molecule is COC(=O)C(CC1CCNC1=O)NC(=O)C(CC(C)C)NC(=O)OC1(Cc2cccnc2)CC1. The van der Waals surface area contributed by atoms with Gasteiger partial charge in [0.25, 0.3) is 0 Å². The number of pyridine rings is 1. The van der Waals surface area contributed by atoms with Gasteiger partial charge in [-0.3, -0.25) is 14.6 Å². The van der Waals surface area contributed by atoms with E-state index in [0.717, 1.165) is 18.4 Å². The van der Waals surface area contributed by atoms with Crippen molar-refractivity contribution in [1.82, 2.24) is 20.9 Å². The fraction of sp³-hybridized carbons (Fsp3) is 0.625. The van der Waals surface area contributed by atoms with Gasteiger partial charge in [0.2, 0.25) is 11.8 Å². The molecule has 3 rings (SSSR count). The summed E-state index contributed by atoms with van der Waals surface area (Å²) < 4.78 is 10.5. The average Bonchev–Trinajstić information content (AvgIpc) is 3.42. The Morgan fingerprint density at radius 3 is 2.56 bits per heavy atom. The number of rotatable bonds is 11. The summed E-state index contributed by atoms with van der Waals surface area (Å²) in [5, 5.41) is 8.07. The molecule has 1 aromatic rings. The van der Waals surface area contributed by atoms with Gasteiger partial charge < -0.3 is 25.4 Å². The molecule has 3 N–H and O–H groups in total. The van der Waals surface area contributed by atoms with Crippen molar-refractivity contribution >= 4 is 23.9 Å². The van der Waals surface area contributed by atoms with Gasteiger partial charge in [-0.05, 0) is 49.7 Å². The van der Waals surface area contributed by atoms with Gasteiger partial charge >= 0.3 is 12.1 Å². The summed E-state index contributed by atoms with van der Waals surface area (Å²) in [4.78, 5) is 54.1. The highest BCUT2D eigenvalue weighted by Gasteiger charge is 2.47. The molecule has 3 atom stereocenters. The highest BCUT2D eigenvalue weighted by molar-refractivity contribution is 5.90. The molecule has 1 aliphatic heterocycles. The molecule has 2 fully saturated rings. The standard InChI is InChI=1S/C24H34N4O6/c1-15(2)11-18(21(30)27-19(22(31)33-3)12-17-6-10-26-20(17)29)28-23(32)34-24(7-8-24)13-16-5-4-9-25-14-16/h4-5,9,14-15,17-19H,6-8,10-13H2,1-3H3,(H,26,29)(H,27,30)(H,28,32). The lowest BCUT2D eigenvalue weighted by atomic mass is 9.97. The zero-order valence-corrected chi connectivity index (χ0v) is 20.0. The molecule has 10 heteroatoms. The van der Waals surface area contributed by atoms with E-state index in [-0.39, 0.29) is 24.2 Å². The monoisotopic (exact) mass is 474 g/mol. The lowest BCUT2D eigenvalue weighted by molar-refractivity contribution is -0.146. The van der Waals surface area contributed by atoms with Crippen LogP contribution in [0.25, 0.3) is 0 Å². The molecule has 34 heavy (non-hydrogen) atoms. The number of carbonyl (C=O) groups excluding carboxylic acids is 4. The maximum atomic E-state index is 13.1. The second kappa shape index (κ2) is 11.3. The molecule has 1 saturated carbocycles. The summed E-state index contributed by atoms with van der Waals surface area (Å²) in [5.74, 6) is -1.58. The van der Waals surface area contributed by atoms with Gasteiger partial charge in [-0.15, -0.1) is 0 Å². The highest BCUT2D eigenvalue weighted by atomic mass is 16.6. The molecule has 1 aromatic heterocycles. The van der Waals surface area contributed by atoms with Crippen LogP contribution in [0, 0.1) is 11.8 Å². The third kappa shape index (κ3) is 7.16.